The minimum Gasteiger partial charge on any atom is -0.337 e. The van der Waals surface area contributed by atoms with Gasteiger partial charge in [0.15, 0.2) is 0 Å². The summed E-state index contributed by atoms with van der Waals surface area (Å²) in [6, 6.07) is 6.52. The van der Waals surface area contributed by atoms with Crippen LogP contribution in [0.3, 0.4) is 0 Å². The first kappa shape index (κ1) is 25.1. The lowest BCUT2D eigenvalue weighted by atomic mass is 10.00. The van der Waals surface area contributed by atoms with E-state index >= 15 is 0 Å². The number of carbonyl (C=O) groups excluding carboxylic acids is 3. The highest BCUT2D eigenvalue weighted by molar-refractivity contribution is 5.94. The minimum absolute atomic E-state index is 0.0209. The van der Waals surface area contributed by atoms with Crippen LogP contribution in [0.5, 0.6) is 0 Å². The van der Waals surface area contributed by atoms with Crippen LogP contribution in [-0.2, 0) is 9.59 Å². The third-order valence-electron chi connectivity index (χ3n) is 7.11. The molecule has 2 unspecified atom stereocenters. The van der Waals surface area contributed by atoms with Gasteiger partial charge < -0.3 is 20.4 Å². The fourth-order valence-corrected chi connectivity index (χ4v) is 5.02. The van der Waals surface area contributed by atoms with Crippen LogP contribution in [0.25, 0.3) is 0 Å². The van der Waals surface area contributed by atoms with Gasteiger partial charge in [-0.3, -0.25) is 9.59 Å². The molecule has 1 aliphatic carbocycles. The third kappa shape index (κ3) is 6.71. The zero-order valence-corrected chi connectivity index (χ0v) is 20.6. The number of hydrogen-bond acceptors (Lipinski definition) is 3. The lowest BCUT2D eigenvalue weighted by Crippen LogP contribution is -2.60. The van der Waals surface area contributed by atoms with Gasteiger partial charge in [0, 0.05) is 37.8 Å². The monoisotopic (exact) mass is 456 g/mol. The quantitative estimate of drug-likeness (QED) is 0.646. The van der Waals surface area contributed by atoms with Crippen molar-refractivity contribution in [2.75, 3.05) is 25.0 Å². The van der Waals surface area contributed by atoms with Gasteiger partial charge in [0.2, 0.25) is 11.8 Å². The van der Waals surface area contributed by atoms with Gasteiger partial charge in [0.05, 0.1) is 0 Å². The van der Waals surface area contributed by atoms with E-state index in [0.717, 1.165) is 17.7 Å². The predicted molar refractivity (Wildman–Crippen MR) is 131 cm³/mol. The van der Waals surface area contributed by atoms with Crippen LogP contribution in [-0.4, -0.2) is 59.4 Å². The highest BCUT2D eigenvalue weighted by Crippen LogP contribution is 2.29. The summed E-state index contributed by atoms with van der Waals surface area (Å²) in [4.78, 5) is 42.4. The van der Waals surface area contributed by atoms with Crippen LogP contribution in [0.1, 0.15) is 64.9 Å². The zero-order valence-electron chi connectivity index (χ0n) is 20.6. The summed E-state index contributed by atoms with van der Waals surface area (Å²) in [7, 11) is 0. The number of nitrogens with one attached hydrogen (secondary N) is 2. The van der Waals surface area contributed by atoms with Crippen molar-refractivity contribution in [3.05, 3.63) is 29.8 Å². The number of piperazine rings is 1. The Morgan fingerprint density at radius 2 is 1.79 bits per heavy atom. The molecule has 0 radical (unpaired) electrons. The number of carbonyl (C=O) groups is 3. The van der Waals surface area contributed by atoms with E-state index in [1.165, 1.54) is 25.7 Å². The Morgan fingerprint density at radius 1 is 1.09 bits per heavy atom. The first-order chi connectivity index (χ1) is 15.8. The molecule has 7 nitrogen and oxygen atoms in total. The van der Waals surface area contributed by atoms with Crippen molar-refractivity contribution < 1.29 is 14.4 Å². The molecular weight excluding hydrogens is 416 g/mol. The number of benzene rings is 1. The van der Waals surface area contributed by atoms with Crippen molar-refractivity contribution in [2.45, 2.75) is 78.3 Å². The molecule has 1 aliphatic heterocycles. The van der Waals surface area contributed by atoms with Gasteiger partial charge in [-0.2, -0.15) is 0 Å². The molecule has 4 amide bonds. The molecule has 33 heavy (non-hydrogen) atoms. The summed E-state index contributed by atoms with van der Waals surface area (Å²) in [5, 5.41) is 5.72. The van der Waals surface area contributed by atoms with Gasteiger partial charge >= 0.3 is 6.03 Å². The number of anilines is 1. The van der Waals surface area contributed by atoms with Gasteiger partial charge in [0.25, 0.3) is 0 Å². The maximum Gasteiger partial charge on any atom is 0.319 e. The average molecular weight is 457 g/mol. The van der Waals surface area contributed by atoms with E-state index in [-0.39, 0.29) is 29.8 Å². The number of urea groups is 1. The Kier molecular flexibility index (Phi) is 8.75. The smallest absolute Gasteiger partial charge is 0.319 e. The van der Waals surface area contributed by atoms with Crippen molar-refractivity contribution in [3.63, 3.8) is 0 Å². The number of para-hydroxylation sites is 1. The second-order valence-corrected chi connectivity index (χ2v) is 10.0. The number of aryl methyl sites for hydroxylation is 1. The summed E-state index contributed by atoms with van der Waals surface area (Å²) in [5.74, 6) is 0.768. The highest BCUT2D eigenvalue weighted by Gasteiger charge is 2.34. The lowest BCUT2D eigenvalue weighted by molar-refractivity contribution is -0.144. The Bertz CT molecular complexity index is 835. The van der Waals surface area contributed by atoms with E-state index in [4.69, 9.17) is 0 Å². The molecule has 2 fully saturated rings. The Morgan fingerprint density at radius 3 is 2.42 bits per heavy atom. The molecule has 3 rings (SSSR count). The molecule has 7 heteroatoms. The third-order valence-corrected chi connectivity index (χ3v) is 7.11. The highest BCUT2D eigenvalue weighted by atomic mass is 16.2. The normalized spacial score (nSPS) is 20.1. The molecule has 0 aromatic heterocycles. The molecular formula is C26H40N4O3. The van der Waals surface area contributed by atoms with E-state index in [2.05, 4.69) is 10.6 Å². The Balaban J connectivity index is 1.53. The molecule has 0 spiro atoms. The number of rotatable bonds is 7. The number of amides is 4. The first-order valence-electron chi connectivity index (χ1n) is 12.5. The SMILES string of the molecule is Cc1ccccc1NC(=O)NC(C(=O)N1CCN(C(=O)CCC2CCCC2)C(C)C1)C(C)C. The zero-order chi connectivity index (χ0) is 24.0. The molecule has 1 aromatic carbocycles. The van der Waals surface area contributed by atoms with Crippen molar-refractivity contribution in [2.24, 2.45) is 11.8 Å². The predicted octanol–water partition coefficient (Wildman–Crippen LogP) is 4.17. The van der Waals surface area contributed by atoms with Crippen molar-refractivity contribution in [1.82, 2.24) is 15.1 Å². The summed E-state index contributed by atoms with van der Waals surface area (Å²) in [6.07, 6.45) is 6.70. The maximum absolute atomic E-state index is 13.3. The summed E-state index contributed by atoms with van der Waals surface area (Å²) < 4.78 is 0. The Labute approximate surface area is 198 Å². The van der Waals surface area contributed by atoms with Gasteiger partial charge in [-0.25, -0.2) is 4.79 Å². The summed E-state index contributed by atoms with van der Waals surface area (Å²) in [6.45, 7) is 9.36. The molecule has 1 aromatic rings. The molecule has 182 valence electrons. The fraction of sp³-hybridized carbons (Fsp3) is 0.654. The molecule has 1 heterocycles. The maximum atomic E-state index is 13.3. The van der Waals surface area contributed by atoms with E-state index in [1.807, 2.05) is 56.9 Å². The molecule has 2 aliphatic rings. The Hall–Kier alpha value is -2.57. The molecule has 1 saturated carbocycles. The van der Waals surface area contributed by atoms with Crippen LogP contribution in [0, 0.1) is 18.8 Å². The molecule has 1 saturated heterocycles. The first-order valence-corrected chi connectivity index (χ1v) is 12.5. The molecule has 2 atom stereocenters. The second kappa shape index (κ2) is 11.5. The van der Waals surface area contributed by atoms with Gasteiger partial charge in [-0.15, -0.1) is 0 Å². The second-order valence-electron chi connectivity index (χ2n) is 10.0. The van der Waals surface area contributed by atoms with Crippen LogP contribution >= 0.6 is 0 Å². The number of hydrogen-bond donors (Lipinski definition) is 2. The van der Waals surface area contributed by atoms with E-state index in [9.17, 15) is 14.4 Å². The van der Waals surface area contributed by atoms with Gasteiger partial charge in [0.1, 0.15) is 6.04 Å². The van der Waals surface area contributed by atoms with E-state index in [0.29, 0.717) is 32.0 Å². The van der Waals surface area contributed by atoms with E-state index in [1.54, 1.807) is 4.90 Å². The van der Waals surface area contributed by atoms with Gasteiger partial charge in [-0.05, 0) is 43.7 Å². The fourth-order valence-electron chi connectivity index (χ4n) is 5.02. The van der Waals surface area contributed by atoms with Crippen LogP contribution in [0.15, 0.2) is 24.3 Å². The molecule has 0 bridgehead atoms. The number of nitrogens with zero attached hydrogens (tertiary/aromatic N) is 2. The van der Waals surface area contributed by atoms with Crippen molar-refractivity contribution in [3.8, 4) is 0 Å². The largest absolute Gasteiger partial charge is 0.337 e. The van der Waals surface area contributed by atoms with Crippen molar-refractivity contribution in [1.29, 1.82) is 0 Å². The summed E-state index contributed by atoms with van der Waals surface area (Å²) >= 11 is 0. The van der Waals surface area contributed by atoms with Crippen molar-refractivity contribution >= 4 is 23.5 Å². The van der Waals surface area contributed by atoms with Crippen LogP contribution in [0.4, 0.5) is 10.5 Å². The standard InChI is InChI=1S/C26H40N4O3/c1-18(2)24(28-26(33)27-22-12-8-5-9-19(22)3)25(32)29-15-16-30(20(4)17-29)23(31)14-13-21-10-6-7-11-21/h5,8-9,12,18,20-21,24H,6-7,10-11,13-17H2,1-4H3,(H2,27,28,33). The topological polar surface area (TPSA) is 81.8 Å². The lowest BCUT2D eigenvalue weighted by Gasteiger charge is -2.41. The van der Waals surface area contributed by atoms with Crippen LogP contribution in [0.2, 0.25) is 0 Å². The van der Waals surface area contributed by atoms with E-state index < -0.39 is 6.04 Å². The van der Waals surface area contributed by atoms with Crippen LogP contribution < -0.4 is 10.6 Å². The van der Waals surface area contributed by atoms with Gasteiger partial charge in [-0.1, -0.05) is 57.7 Å². The average Bonchev–Trinajstić information content (AvgIpc) is 3.30. The molecule has 2 N–H and O–H groups in total. The minimum atomic E-state index is -0.620. The summed E-state index contributed by atoms with van der Waals surface area (Å²) in [5.41, 5.74) is 1.69.